The van der Waals surface area contributed by atoms with Crippen LogP contribution in [0.15, 0.2) is 188 Å². The highest BCUT2D eigenvalue weighted by molar-refractivity contribution is 7.87. The zero-order valence-electron chi connectivity index (χ0n) is 38.8. The summed E-state index contributed by atoms with van der Waals surface area (Å²) < 4.78 is 137. The number of nitrogens with zero attached hydrogens (tertiary/aromatic N) is 8. The number of hydrogen-bond acceptors (Lipinski definition) is 18. The fourth-order valence-corrected chi connectivity index (χ4v) is 10.1. The lowest BCUT2D eigenvalue weighted by molar-refractivity contribution is 0.472. The van der Waals surface area contributed by atoms with Gasteiger partial charge in [-0.05, 0) is 170 Å². The summed E-state index contributed by atoms with van der Waals surface area (Å²) in [7, 11) is -20.1. The number of azo groups is 4. The van der Waals surface area contributed by atoms with Crippen LogP contribution in [0, 0.1) is 27.7 Å². The van der Waals surface area contributed by atoms with Crippen LogP contribution >= 0.6 is 0 Å². The number of phenols is 1. The Morgan fingerprint density at radius 2 is 0.865 bits per heavy atom. The van der Waals surface area contributed by atoms with Crippen molar-refractivity contribution >= 4 is 119 Å². The van der Waals surface area contributed by atoms with Gasteiger partial charge >= 0.3 is 0 Å². The molecule has 0 amide bonds. The van der Waals surface area contributed by atoms with Crippen LogP contribution in [0.5, 0.6) is 5.75 Å². The summed E-state index contributed by atoms with van der Waals surface area (Å²) in [5.41, 5.74) is 5.18. The molecule has 0 aliphatic carbocycles. The average Bonchev–Trinajstić information content (AvgIpc) is 3.32. The van der Waals surface area contributed by atoms with Crippen molar-refractivity contribution in [1.29, 1.82) is 0 Å². The van der Waals surface area contributed by atoms with Gasteiger partial charge in [0.1, 0.15) is 26.1 Å². The lowest BCUT2D eigenvalue weighted by Crippen LogP contribution is -2.05. The zero-order chi connectivity index (χ0) is 53.5. The van der Waals surface area contributed by atoms with E-state index in [-0.39, 0.29) is 11.1 Å². The molecule has 0 unspecified atom stereocenters. The molecule has 6 N–H and O–H groups in total. The summed E-state index contributed by atoms with van der Waals surface area (Å²) in [6, 6.07) is 31.3. The molecule has 22 nitrogen and oxygen atoms in total. The number of para-hydroxylation sites is 1. The Morgan fingerprint density at radius 1 is 0.378 bits per heavy atom. The van der Waals surface area contributed by atoms with Crippen LogP contribution < -0.4 is 5.32 Å². The molecule has 0 radical (unpaired) electrons. The molecule has 0 spiro atoms. The summed E-state index contributed by atoms with van der Waals surface area (Å²) in [5.74, 6) is -0.490. The summed E-state index contributed by atoms with van der Waals surface area (Å²) in [6.07, 6.45) is 0. The summed E-state index contributed by atoms with van der Waals surface area (Å²) >= 11 is 0. The van der Waals surface area contributed by atoms with E-state index < -0.39 is 88.0 Å². The van der Waals surface area contributed by atoms with E-state index >= 15 is 0 Å². The fraction of sp³-hybridized carbons (Fsp3) is 0.0833. The Bertz CT molecular complexity index is 4230. The van der Waals surface area contributed by atoms with E-state index in [4.69, 9.17) is 0 Å². The highest BCUT2D eigenvalue weighted by Crippen LogP contribution is 2.43. The minimum Gasteiger partial charge on any atom is -0.505 e. The molecule has 0 saturated carbocycles. The third-order valence-corrected chi connectivity index (χ3v) is 14.6. The van der Waals surface area contributed by atoms with Gasteiger partial charge in [-0.15, -0.1) is 10.2 Å². The molecule has 26 heteroatoms. The second kappa shape index (κ2) is 20.1. The predicted molar refractivity (Wildman–Crippen MR) is 274 cm³/mol. The van der Waals surface area contributed by atoms with Crippen molar-refractivity contribution in [2.45, 2.75) is 47.3 Å². The van der Waals surface area contributed by atoms with Crippen molar-refractivity contribution in [3.05, 3.63) is 150 Å². The van der Waals surface area contributed by atoms with Crippen molar-refractivity contribution in [3.63, 3.8) is 0 Å². The third-order valence-electron chi connectivity index (χ3n) is 11.2. The second-order valence-corrected chi connectivity index (χ2v) is 22.1. The number of aromatic hydroxyl groups is 1. The van der Waals surface area contributed by atoms with Gasteiger partial charge in [0.15, 0.2) is 5.75 Å². The van der Waals surface area contributed by atoms with Gasteiger partial charge < -0.3 is 10.4 Å². The van der Waals surface area contributed by atoms with E-state index in [1.165, 1.54) is 18.2 Å². The Labute approximate surface area is 422 Å². The zero-order valence-corrected chi connectivity index (χ0v) is 42.1. The maximum absolute atomic E-state index is 12.5. The standard InChI is InChI=1S/C48H39N9O13S4/c1-26-16-35(51-54-41-18-29(4)42(19-28(41)3)55-57-47-46(74(68,69)70)23-30-20-33(10-13-37(30)48(47)58)49-32-8-6-5-7-9-32)11-14-39(26)52-50-34-12-15-40(27(2)17-34)53-56-43-25-38-31(22-45(43)73(65,66)67)21-36(71(59,60)61)24-44(38)72(62,63)64/h5-25,49,58H,1-4H3,(H,59,60,61)(H,62,63,64)(H,65,66,67)(H,68,69,70). The minimum absolute atomic E-state index is 0.194. The molecule has 0 bridgehead atoms. The molecule has 0 aromatic heterocycles. The normalized spacial score (nSPS) is 12.9. The van der Waals surface area contributed by atoms with Gasteiger partial charge in [-0.3, -0.25) is 18.2 Å². The van der Waals surface area contributed by atoms with Crippen LogP contribution in [0.1, 0.15) is 22.3 Å². The third kappa shape index (κ3) is 11.7. The van der Waals surface area contributed by atoms with Crippen molar-refractivity contribution < 1.29 is 57.0 Å². The Kier molecular flexibility index (Phi) is 14.2. The highest BCUT2D eigenvalue weighted by atomic mass is 32.2. The summed E-state index contributed by atoms with van der Waals surface area (Å²) in [5, 5.41) is 48.0. The van der Waals surface area contributed by atoms with Crippen molar-refractivity contribution in [3.8, 4) is 5.75 Å². The molecule has 0 aliphatic rings. The van der Waals surface area contributed by atoms with Crippen molar-refractivity contribution in [2.75, 3.05) is 5.32 Å². The minimum atomic E-state index is -5.14. The van der Waals surface area contributed by atoms with Gasteiger partial charge in [-0.25, -0.2) is 0 Å². The number of phenolic OH excluding ortho intramolecular Hbond substituents is 1. The lowest BCUT2D eigenvalue weighted by Gasteiger charge is -2.12. The maximum atomic E-state index is 12.5. The molecule has 0 saturated heterocycles. The van der Waals surface area contributed by atoms with Crippen LogP contribution in [0.2, 0.25) is 0 Å². The van der Waals surface area contributed by atoms with Crippen LogP contribution in [0.4, 0.5) is 56.9 Å². The number of hydrogen-bond donors (Lipinski definition) is 6. The van der Waals surface area contributed by atoms with Crippen LogP contribution in [0.3, 0.4) is 0 Å². The monoisotopic (exact) mass is 1080 g/mol. The van der Waals surface area contributed by atoms with Crippen LogP contribution in [0.25, 0.3) is 21.5 Å². The van der Waals surface area contributed by atoms with Crippen molar-refractivity contribution in [1.82, 2.24) is 0 Å². The lowest BCUT2D eigenvalue weighted by atomic mass is 10.1. The number of rotatable bonds is 14. The van der Waals surface area contributed by atoms with Crippen LogP contribution in [-0.4, -0.2) is 57.0 Å². The maximum Gasteiger partial charge on any atom is 0.296 e. The van der Waals surface area contributed by atoms with E-state index in [9.17, 15) is 57.0 Å². The summed E-state index contributed by atoms with van der Waals surface area (Å²) in [4.78, 5) is -3.48. The second-order valence-electron chi connectivity index (χ2n) is 16.5. The largest absolute Gasteiger partial charge is 0.505 e. The van der Waals surface area contributed by atoms with E-state index in [2.05, 4.69) is 46.2 Å². The molecule has 0 fully saturated rings. The Morgan fingerprint density at radius 3 is 1.41 bits per heavy atom. The van der Waals surface area contributed by atoms with Gasteiger partial charge in [0.05, 0.1) is 39.0 Å². The first-order valence-electron chi connectivity index (χ1n) is 21.4. The van der Waals surface area contributed by atoms with Crippen LogP contribution in [-0.2, 0) is 40.5 Å². The average molecular weight is 1080 g/mol. The van der Waals surface area contributed by atoms with E-state index in [1.807, 2.05) is 30.3 Å². The quantitative estimate of drug-likeness (QED) is 0.0435. The van der Waals surface area contributed by atoms with Gasteiger partial charge in [-0.1, -0.05) is 18.2 Å². The number of nitrogens with one attached hydrogen (secondary N) is 1. The highest BCUT2D eigenvalue weighted by Gasteiger charge is 2.26. The van der Waals surface area contributed by atoms with Gasteiger partial charge in [0.25, 0.3) is 40.5 Å². The Balaban J connectivity index is 0.976. The molecule has 0 heterocycles. The number of aryl methyl sites for hydroxylation is 4. The molecule has 74 heavy (non-hydrogen) atoms. The Hall–Kier alpha value is -8.08. The molecule has 0 atom stereocenters. The molecular formula is C48H39N9O13S4. The molecular weight excluding hydrogens is 1040 g/mol. The molecule has 8 aromatic carbocycles. The number of fused-ring (bicyclic) bond motifs is 2. The first kappa shape index (κ1) is 52.2. The molecule has 0 aliphatic heterocycles. The van der Waals surface area contributed by atoms with Gasteiger partial charge in [0.2, 0.25) is 0 Å². The topological polar surface area (TPSA) is 349 Å². The first-order chi connectivity index (χ1) is 34.7. The SMILES string of the molecule is Cc1cc(N=Nc2cc(C)c(N=Nc3c(S(=O)(=O)O)cc4cc(Nc5ccccc5)ccc4c3O)cc2C)ccc1N=Nc1ccc(N=Nc2cc3c(S(=O)(=O)O)cc(S(=O)(=O)O)cc3cc2S(=O)(=O)O)c(C)c1. The molecule has 378 valence electrons. The van der Waals surface area contributed by atoms with E-state index in [1.54, 1.807) is 82.3 Å². The van der Waals surface area contributed by atoms with Gasteiger partial charge in [0, 0.05) is 22.1 Å². The smallest absolute Gasteiger partial charge is 0.296 e. The van der Waals surface area contributed by atoms with E-state index in [0.29, 0.717) is 73.9 Å². The number of benzene rings is 8. The fourth-order valence-electron chi connectivity index (χ4n) is 7.44. The number of anilines is 2. The molecule has 8 aromatic rings. The van der Waals surface area contributed by atoms with Gasteiger partial charge in [-0.2, -0.15) is 64.4 Å². The molecule has 8 rings (SSSR count). The van der Waals surface area contributed by atoms with Crippen molar-refractivity contribution in [2.24, 2.45) is 40.9 Å². The first-order valence-corrected chi connectivity index (χ1v) is 27.1. The van der Waals surface area contributed by atoms with E-state index in [0.717, 1.165) is 17.8 Å². The predicted octanol–water partition coefficient (Wildman–Crippen LogP) is 13.3. The summed E-state index contributed by atoms with van der Waals surface area (Å²) in [6.45, 7) is 6.92.